The first-order chi connectivity index (χ1) is 10.3. The van der Waals surface area contributed by atoms with Crippen molar-refractivity contribution >= 4 is 5.95 Å². The lowest BCUT2D eigenvalue weighted by atomic mass is 9.95. The van der Waals surface area contributed by atoms with Crippen LogP contribution in [0.25, 0.3) is 0 Å². The van der Waals surface area contributed by atoms with E-state index in [9.17, 15) is 0 Å². The summed E-state index contributed by atoms with van der Waals surface area (Å²) in [7, 11) is 0. The standard InChI is InChI=1S/C16H28N4O/c1-14(13-19-9-11-21-12-10-19)18-16-17-7-8-20(16)15-5-3-2-4-6-15/h7-8,14-15H,2-6,9-13H2,1H3,(H,17,18). The lowest BCUT2D eigenvalue weighted by Crippen LogP contribution is -2.42. The van der Waals surface area contributed by atoms with Gasteiger partial charge < -0.3 is 14.6 Å². The van der Waals surface area contributed by atoms with Gasteiger partial charge in [0.05, 0.1) is 13.2 Å². The van der Waals surface area contributed by atoms with Crippen LogP contribution >= 0.6 is 0 Å². The summed E-state index contributed by atoms with van der Waals surface area (Å²) in [5.41, 5.74) is 0. The van der Waals surface area contributed by atoms with Gasteiger partial charge in [0, 0.05) is 44.1 Å². The zero-order valence-corrected chi connectivity index (χ0v) is 13.1. The number of hydrogen-bond acceptors (Lipinski definition) is 4. The summed E-state index contributed by atoms with van der Waals surface area (Å²) >= 11 is 0. The van der Waals surface area contributed by atoms with E-state index in [-0.39, 0.29) is 0 Å². The van der Waals surface area contributed by atoms with Crippen LogP contribution in [0.1, 0.15) is 45.1 Å². The molecule has 0 bridgehead atoms. The van der Waals surface area contributed by atoms with E-state index in [2.05, 4.69) is 32.9 Å². The van der Waals surface area contributed by atoms with Crippen LogP contribution in [0.5, 0.6) is 0 Å². The topological polar surface area (TPSA) is 42.3 Å². The normalized spacial score (nSPS) is 23.1. The van der Waals surface area contributed by atoms with E-state index >= 15 is 0 Å². The van der Waals surface area contributed by atoms with Crippen LogP contribution in [0.4, 0.5) is 5.95 Å². The predicted molar refractivity (Wildman–Crippen MR) is 84.7 cm³/mol. The highest BCUT2D eigenvalue weighted by atomic mass is 16.5. The van der Waals surface area contributed by atoms with Crippen LogP contribution in [0, 0.1) is 0 Å². The number of hydrogen-bond donors (Lipinski definition) is 1. The Hall–Kier alpha value is -1.07. The van der Waals surface area contributed by atoms with Gasteiger partial charge in [-0.1, -0.05) is 19.3 Å². The van der Waals surface area contributed by atoms with Gasteiger partial charge in [0.15, 0.2) is 0 Å². The molecule has 5 nitrogen and oxygen atoms in total. The highest BCUT2D eigenvalue weighted by Gasteiger charge is 2.19. The van der Waals surface area contributed by atoms with Crippen molar-refractivity contribution in [2.24, 2.45) is 0 Å². The first-order valence-corrected chi connectivity index (χ1v) is 8.42. The highest BCUT2D eigenvalue weighted by molar-refractivity contribution is 5.28. The summed E-state index contributed by atoms with van der Waals surface area (Å²) in [4.78, 5) is 7.00. The monoisotopic (exact) mass is 292 g/mol. The van der Waals surface area contributed by atoms with E-state index in [1.165, 1.54) is 32.1 Å². The van der Waals surface area contributed by atoms with Crippen molar-refractivity contribution < 1.29 is 4.74 Å². The molecule has 1 atom stereocenters. The van der Waals surface area contributed by atoms with Gasteiger partial charge in [0.25, 0.3) is 0 Å². The molecule has 2 aliphatic rings. The summed E-state index contributed by atoms with van der Waals surface area (Å²) in [6.45, 7) is 7.12. The molecular weight excluding hydrogens is 264 g/mol. The van der Waals surface area contributed by atoms with Crippen molar-refractivity contribution in [1.82, 2.24) is 14.5 Å². The summed E-state index contributed by atoms with van der Waals surface area (Å²) in [6.07, 6.45) is 10.8. The van der Waals surface area contributed by atoms with Crippen molar-refractivity contribution in [2.75, 3.05) is 38.2 Å². The number of aromatic nitrogens is 2. The maximum Gasteiger partial charge on any atom is 0.203 e. The molecule has 5 heteroatoms. The molecule has 3 rings (SSSR count). The SMILES string of the molecule is CC(CN1CCOCC1)Nc1nccn1C1CCCCC1. The third-order valence-electron chi connectivity index (χ3n) is 4.65. The third-order valence-corrected chi connectivity index (χ3v) is 4.65. The number of nitrogens with one attached hydrogen (secondary N) is 1. The molecule has 1 saturated heterocycles. The molecular formula is C16H28N4O. The molecule has 1 saturated carbocycles. The molecule has 1 aromatic heterocycles. The Morgan fingerprint density at radius 2 is 2.05 bits per heavy atom. The van der Waals surface area contributed by atoms with Crippen molar-refractivity contribution in [3.8, 4) is 0 Å². The van der Waals surface area contributed by atoms with Crippen LogP contribution in [-0.4, -0.2) is 53.3 Å². The number of anilines is 1. The number of ether oxygens (including phenoxy) is 1. The number of nitrogens with zero attached hydrogens (tertiary/aromatic N) is 3. The first-order valence-electron chi connectivity index (χ1n) is 8.42. The number of rotatable bonds is 5. The number of morpholine rings is 1. The zero-order chi connectivity index (χ0) is 14.5. The molecule has 0 spiro atoms. The minimum atomic E-state index is 0.410. The summed E-state index contributed by atoms with van der Waals surface area (Å²) in [6, 6.07) is 1.05. The molecule has 1 aromatic rings. The van der Waals surface area contributed by atoms with Crippen molar-refractivity contribution in [3.63, 3.8) is 0 Å². The largest absolute Gasteiger partial charge is 0.379 e. The van der Waals surface area contributed by atoms with Crippen LogP contribution in [0.3, 0.4) is 0 Å². The fourth-order valence-electron chi connectivity index (χ4n) is 3.52. The van der Waals surface area contributed by atoms with E-state index in [1.54, 1.807) is 0 Å². The smallest absolute Gasteiger partial charge is 0.203 e. The Balaban J connectivity index is 1.55. The van der Waals surface area contributed by atoms with Crippen molar-refractivity contribution in [3.05, 3.63) is 12.4 Å². The molecule has 2 heterocycles. The lowest BCUT2D eigenvalue weighted by molar-refractivity contribution is 0.0367. The molecule has 0 radical (unpaired) electrons. The Labute approximate surface area is 127 Å². The van der Waals surface area contributed by atoms with E-state index in [4.69, 9.17) is 4.74 Å². The predicted octanol–water partition coefficient (Wildman–Crippen LogP) is 2.52. The molecule has 1 aliphatic carbocycles. The molecule has 118 valence electrons. The van der Waals surface area contributed by atoms with Gasteiger partial charge in [-0.3, -0.25) is 4.90 Å². The van der Waals surface area contributed by atoms with E-state index in [0.29, 0.717) is 12.1 Å². The first kappa shape index (κ1) is 14.9. The molecule has 21 heavy (non-hydrogen) atoms. The third kappa shape index (κ3) is 3.98. The Kier molecular flexibility index (Phi) is 5.14. The van der Waals surface area contributed by atoms with Gasteiger partial charge in [-0.15, -0.1) is 0 Å². The molecule has 1 unspecified atom stereocenters. The lowest BCUT2D eigenvalue weighted by Gasteiger charge is -2.30. The molecule has 1 N–H and O–H groups in total. The average molecular weight is 292 g/mol. The second-order valence-corrected chi connectivity index (χ2v) is 6.41. The van der Waals surface area contributed by atoms with Crippen LogP contribution in [0.15, 0.2) is 12.4 Å². The minimum Gasteiger partial charge on any atom is -0.379 e. The summed E-state index contributed by atoms with van der Waals surface area (Å²) in [5, 5.41) is 3.60. The number of imidazole rings is 1. The van der Waals surface area contributed by atoms with Gasteiger partial charge in [-0.25, -0.2) is 4.98 Å². The fourth-order valence-corrected chi connectivity index (χ4v) is 3.52. The van der Waals surface area contributed by atoms with Crippen LogP contribution in [-0.2, 0) is 4.74 Å². The molecule has 1 aliphatic heterocycles. The van der Waals surface area contributed by atoms with E-state index < -0.39 is 0 Å². The second kappa shape index (κ2) is 7.27. The maximum atomic E-state index is 5.41. The Morgan fingerprint density at radius 3 is 2.81 bits per heavy atom. The molecule has 0 amide bonds. The summed E-state index contributed by atoms with van der Waals surface area (Å²) < 4.78 is 7.76. The van der Waals surface area contributed by atoms with Crippen LogP contribution in [0.2, 0.25) is 0 Å². The second-order valence-electron chi connectivity index (χ2n) is 6.41. The highest BCUT2D eigenvalue weighted by Crippen LogP contribution is 2.30. The van der Waals surface area contributed by atoms with Crippen LogP contribution < -0.4 is 5.32 Å². The quantitative estimate of drug-likeness (QED) is 0.905. The van der Waals surface area contributed by atoms with Gasteiger partial charge in [0.2, 0.25) is 5.95 Å². The van der Waals surface area contributed by atoms with Gasteiger partial charge >= 0.3 is 0 Å². The average Bonchev–Trinajstić information content (AvgIpc) is 2.97. The Morgan fingerprint density at radius 1 is 1.29 bits per heavy atom. The van der Waals surface area contributed by atoms with Crippen molar-refractivity contribution in [1.29, 1.82) is 0 Å². The fraction of sp³-hybridized carbons (Fsp3) is 0.812. The molecule has 2 fully saturated rings. The Bertz CT molecular complexity index is 422. The van der Waals surface area contributed by atoms with Gasteiger partial charge in [0.1, 0.15) is 0 Å². The van der Waals surface area contributed by atoms with Crippen molar-refractivity contribution in [2.45, 2.75) is 51.1 Å². The van der Waals surface area contributed by atoms with E-state index in [1.807, 2.05) is 6.20 Å². The van der Waals surface area contributed by atoms with E-state index in [0.717, 1.165) is 38.8 Å². The maximum absolute atomic E-state index is 5.41. The van der Waals surface area contributed by atoms with Gasteiger partial charge in [-0.05, 0) is 19.8 Å². The zero-order valence-electron chi connectivity index (χ0n) is 13.1. The molecule has 0 aromatic carbocycles. The van der Waals surface area contributed by atoms with Gasteiger partial charge in [-0.2, -0.15) is 0 Å². The minimum absolute atomic E-state index is 0.410. The summed E-state index contributed by atoms with van der Waals surface area (Å²) in [5.74, 6) is 1.04.